The van der Waals surface area contributed by atoms with Crippen molar-refractivity contribution in [2.45, 2.75) is 18.4 Å². The van der Waals surface area contributed by atoms with Gasteiger partial charge in [0.25, 0.3) is 0 Å². The third-order valence-corrected chi connectivity index (χ3v) is 4.27. The lowest BCUT2D eigenvalue weighted by Crippen LogP contribution is -2.12. The highest BCUT2D eigenvalue weighted by atomic mass is 79.9. The molecular formula is C13H14BrN3O2S. The van der Waals surface area contributed by atoms with Crippen molar-refractivity contribution in [2.24, 2.45) is 5.14 Å². The maximum absolute atomic E-state index is 11.2. The van der Waals surface area contributed by atoms with E-state index >= 15 is 0 Å². The molecule has 0 saturated carbocycles. The number of halogens is 1. The van der Waals surface area contributed by atoms with E-state index < -0.39 is 10.0 Å². The number of aromatic nitrogens is 1. The van der Waals surface area contributed by atoms with Gasteiger partial charge in [-0.15, -0.1) is 0 Å². The number of hydrogen-bond donors (Lipinski definition) is 2. The van der Waals surface area contributed by atoms with Crippen LogP contribution in [0.15, 0.2) is 45.9 Å². The van der Waals surface area contributed by atoms with Crippen molar-refractivity contribution >= 4 is 31.6 Å². The lowest BCUT2D eigenvalue weighted by molar-refractivity contribution is 0.598. The summed E-state index contributed by atoms with van der Waals surface area (Å²) in [6.45, 7) is 2.53. The Kier molecular flexibility index (Phi) is 4.42. The average Bonchev–Trinajstić information content (AvgIpc) is 2.38. The monoisotopic (exact) mass is 355 g/mol. The number of nitrogens with one attached hydrogen (secondary N) is 1. The molecule has 2 rings (SSSR count). The van der Waals surface area contributed by atoms with Crippen molar-refractivity contribution in [1.29, 1.82) is 0 Å². The lowest BCUT2D eigenvalue weighted by Gasteiger charge is -2.09. The van der Waals surface area contributed by atoms with Gasteiger partial charge in [-0.3, -0.25) is 4.98 Å². The lowest BCUT2D eigenvalue weighted by atomic mass is 10.2. The number of nitrogens with zero attached hydrogens (tertiary/aromatic N) is 1. The predicted molar refractivity (Wildman–Crippen MR) is 81.8 cm³/mol. The van der Waals surface area contributed by atoms with Crippen LogP contribution in [0.2, 0.25) is 0 Å². The molecule has 1 aromatic heterocycles. The van der Waals surface area contributed by atoms with Crippen LogP contribution in [0, 0.1) is 6.92 Å². The molecule has 5 nitrogen and oxygen atoms in total. The summed E-state index contributed by atoms with van der Waals surface area (Å²) in [6.07, 6.45) is 1.80. The summed E-state index contributed by atoms with van der Waals surface area (Å²) in [5.74, 6) is 0. The molecule has 0 bridgehead atoms. The molecule has 0 aliphatic heterocycles. The Bertz CT molecular complexity index is 715. The molecule has 1 heterocycles. The van der Waals surface area contributed by atoms with Gasteiger partial charge in [0, 0.05) is 16.4 Å². The van der Waals surface area contributed by atoms with E-state index in [9.17, 15) is 8.42 Å². The Morgan fingerprint density at radius 2 is 2.05 bits per heavy atom. The van der Waals surface area contributed by atoms with E-state index in [4.69, 9.17) is 5.14 Å². The second-order valence-corrected chi connectivity index (χ2v) is 6.78. The third kappa shape index (κ3) is 3.78. The largest absolute Gasteiger partial charge is 0.378 e. The first-order chi connectivity index (χ1) is 9.36. The van der Waals surface area contributed by atoms with Crippen LogP contribution in [-0.2, 0) is 16.6 Å². The molecular weight excluding hydrogens is 342 g/mol. The Hall–Kier alpha value is -1.44. The number of aryl methyl sites for hydroxylation is 1. The molecule has 0 aliphatic rings. The fraction of sp³-hybridized carbons (Fsp3) is 0.154. The van der Waals surface area contributed by atoms with Gasteiger partial charge < -0.3 is 5.32 Å². The van der Waals surface area contributed by atoms with Crippen LogP contribution in [0.3, 0.4) is 0 Å². The van der Waals surface area contributed by atoms with Crippen molar-refractivity contribution < 1.29 is 8.42 Å². The van der Waals surface area contributed by atoms with Gasteiger partial charge in [-0.05, 0) is 52.7 Å². The number of rotatable bonds is 4. The maximum atomic E-state index is 11.2. The Labute approximate surface area is 126 Å². The summed E-state index contributed by atoms with van der Waals surface area (Å²) in [5.41, 5.74) is 2.78. The van der Waals surface area contributed by atoms with E-state index in [-0.39, 0.29) is 4.90 Å². The molecule has 106 valence electrons. The topological polar surface area (TPSA) is 85.1 Å². The minimum absolute atomic E-state index is 0.0726. The van der Waals surface area contributed by atoms with Crippen molar-refractivity contribution in [2.75, 3.05) is 5.32 Å². The minimum atomic E-state index is -3.68. The van der Waals surface area contributed by atoms with Gasteiger partial charge in [-0.1, -0.05) is 6.07 Å². The van der Waals surface area contributed by atoms with Crippen molar-refractivity contribution in [3.63, 3.8) is 0 Å². The maximum Gasteiger partial charge on any atom is 0.238 e. The normalized spacial score (nSPS) is 11.3. The molecule has 2 aromatic rings. The quantitative estimate of drug-likeness (QED) is 0.881. The average molecular weight is 356 g/mol. The number of anilines is 1. The van der Waals surface area contributed by atoms with Gasteiger partial charge >= 0.3 is 0 Å². The predicted octanol–water partition coefficient (Wildman–Crippen LogP) is 2.41. The number of primary sulfonamides is 1. The van der Waals surface area contributed by atoms with Crippen molar-refractivity contribution in [3.05, 3.63) is 52.3 Å². The number of pyridine rings is 1. The number of nitrogens with two attached hydrogens (primary N) is 1. The fourth-order valence-corrected chi connectivity index (χ4v) is 2.82. The molecule has 0 saturated heterocycles. The highest BCUT2D eigenvalue weighted by Gasteiger charge is 2.10. The van der Waals surface area contributed by atoms with E-state index in [1.54, 1.807) is 12.3 Å². The second-order valence-electron chi connectivity index (χ2n) is 4.37. The van der Waals surface area contributed by atoms with Crippen LogP contribution < -0.4 is 10.5 Å². The van der Waals surface area contributed by atoms with E-state index in [0.717, 1.165) is 16.9 Å². The molecule has 0 amide bonds. The zero-order chi connectivity index (χ0) is 14.8. The summed E-state index contributed by atoms with van der Waals surface area (Å²) in [7, 11) is -3.68. The molecule has 0 unspecified atom stereocenters. The van der Waals surface area contributed by atoms with Crippen LogP contribution in [0.1, 0.15) is 11.3 Å². The van der Waals surface area contributed by atoms with Gasteiger partial charge in [-0.2, -0.15) is 0 Å². The van der Waals surface area contributed by atoms with E-state index in [2.05, 4.69) is 26.2 Å². The summed E-state index contributed by atoms with van der Waals surface area (Å²) < 4.78 is 23.1. The first-order valence-electron chi connectivity index (χ1n) is 5.84. The van der Waals surface area contributed by atoms with Gasteiger partial charge in [0.05, 0.1) is 17.1 Å². The SMILES string of the molecule is Cc1ccc(CNc2ccc(S(N)(=O)=O)cc2Br)nc1. The van der Waals surface area contributed by atoms with Gasteiger partial charge in [0.2, 0.25) is 10.0 Å². The zero-order valence-corrected chi connectivity index (χ0v) is 13.2. The Morgan fingerprint density at radius 3 is 2.60 bits per heavy atom. The molecule has 3 N–H and O–H groups in total. The molecule has 0 aliphatic carbocycles. The fourth-order valence-electron chi connectivity index (χ4n) is 1.60. The smallest absolute Gasteiger partial charge is 0.238 e. The number of hydrogen-bond acceptors (Lipinski definition) is 4. The van der Waals surface area contributed by atoms with Crippen LogP contribution in [0.5, 0.6) is 0 Å². The highest BCUT2D eigenvalue weighted by Crippen LogP contribution is 2.25. The van der Waals surface area contributed by atoms with Gasteiger partial charge in [-0.25, -0.2) is 13.6 Å². The molecule has 0 fully saturated rings. The second kappa shape index (κ2) is 5.90. The molecule has 20 heavy (non-hydrogen) atoms. The summed E-state index contributed by atoms with van der Waals surface area (Å²) in [4.78, 5) is 4.36. The molecule has 1 aromatic carbocycles. The first-order valence-corrected chi connectivity index (χ1v) is 8.18. The first kappa shape index (κ1) is 15.0. The van der Waals surface area contributed by atoms with E-state index in [0.29, 0.717) is 11.0 Å². The van der Waals surface area contributed by atoms with Crippen molar-refractivity contribution in [3.8, 4) is 0 Å². The third-order valence-electron chi connectivity index (χ3n) is 2.70. The molecule has 0 radical (unpaired) electrons. The summed E-state index contributed by atoms with van der Waals surface area (Å²) >= 11 is 3.32. The summed E-state index contributed by atoms with van der Waals surface area (Å²) in [5, 5.41) is 8.26. The molecule has 0 atom stereocenters. The zero-order valence-electron chi connectivity index (χ0n) is 10.8. The highest BCUT2D eigenvalue weighted by molar-refractivity contribution is 9.10. The Morgan fingerprint density at radius 1 is 1.30 bits per heavy atom. The van der Waals surface area contributed by atoms with Crippen LogP contribution >= 0.6 is 15.9 Å². The van der Waals surface area contributed by atoms with Crippen LogP contribution in [0.25, 0.3) is 0 Å². The van der Waals surface area contributed by atoms with Crippen LogP contribution in [-0.4, -0.2) is 13.4 Å². The minimum Gasteiger partial charge on any atom is -0.378 e. The standard InChI is InChI=1S/C13H14BrN3O2S/c1-9-2-3-10(16-7-9)8-17-13-5-4-11(6-12(13)14)20(15,18)19/h2-7,17H,8H2,1H3,(H2,15,18,19). The molecule has 0 spiro atoms. The van der Waals surface area contributed by atoms with E-state index in [1.165, 1.54) is 12.1 Å². The number of benzene rings is 1. The summed E-state index contributed by atoms with van der Waals surface area (Å²) in [6, 6.07) is 8.53. The van der Waals surface area contributed by atoms with Gasteiger partial charge in [0.15, 0.2) is 0 Å². The molecule has 7 heteroatoms. The van der Waals surface area contributed by atoms with E-state index in [1.807, 2.05) is 19.1 Å². The number of sulfonamides is 1. The van der Waals surface area contributed by atoms with Crippen LogP contribution in [0.4, 0.5) is 5.69 Å². The van der Waals surface area contributed by atoms with Gasteiger partial charge in [0.1, 0.15) is 0 Å². The van der Waals surface area contributed by atoms with Crippen molar-refractivity contribution in [1.82, 2.24) is 4.98 Å². The Balaban J connectivity index is 2.12.